The van der Waals surface area contributed by atoms with Crippen LogP contribution in [-0.4, -0.2) is 29.2 Å². The van der Waals surface area contributed by atoms with E-state index in [0.29, 0.717) is 5.76 Å². The van der Waals surface area contributed by atoms with Crippen molar-refractivity contribution >= 4 is 34.9 Å². The molecule has 0 fully saturated rings. The maximum atomic E-state index is 12.9. The van der Waals surface area contributed by atoms with E-state index in [9.17, 15) is 24.5 Å². The molecule has 0 aliphatic carbocycles. The zero-order valence-corrected chi connectivity index (χ0v) is 16.6. The molecule has 0 bridgehead atoms. The third-order valence-corrected chi connectivity index (χ3v) is 4.49. The van der Waals surface area contributed by atoms with Gasteiger partial charge in [-0.25, -0.2) is 4.79 Å². The fourth-order valence-corrected chi connectivity index (χ4v) is 2.85. The molecule has 3 rings (SSSR count). The van der Waals surface area contributed by atoms with Crippen molar-refractivity contribution in [3.63, 3.8) is 0 Å². The molecule has 2 aromatic carbocycles. The maximum Gasteiger partial charge on any atom is 0.339 e. The number of halogens is 1. The molecule has 1 aromatic heterocycles. The number of esters is 1. The lowest BCUT2D eigenvalue weighted by molar-refractivity contribution is -0.384. The second-order valence-electron chi connectivity index (χ2n) is 6.23. The van der Waals surface area contributed by atoms with Gasteiger partial charge in [-0.2, -0.15) is 0 Å². The lowest BCUT2D eigenvalue weighted by atomic mass is 9.98. The van der Waals surface area contributed by atoms with Gasteiger partial charge in [0.15, 0.2) is 12.4 Å². The number of nitrogens with zero attached hydrogens (tertiary/aromatic N) is 1. The summed E-state index contributed by atoms with van der Waals surface area (Å²) in [4.78, 5) is 47.6. The Balaban J connectivity index is 1.71. The first kappa shape index (κ1) is 21.7. The molecule has 3 aromatic rings. The van der Waals surface area contributed by atoms with Crippen LogP contribution in [0.3, 0.4) is 0 Å². The largest absolute Gasteiger partial charge is 0.467 e. The Bertz CT molecular complexity index is 1140. The number of carbonyl (C=O) groups excluding carboxylic acids is 3. The molecule has 9 nitrogen and oxygen atoms in total. The number of furan rings is 1. The summed E-state index contributed by atoms with van der Waals surface area (Å²) in [5, 5.41) is 13.5. The zero-order valence-electron chi connectivity index (χ0n) is 15.9. The summed E-state index contributed by atoms with van der Waals surface area (Å²) in [7, 11) is 0. The van der Waals surface area contributed by atoms with Crippen molar-refractivity contribution in [1.29, 1.82) is 0 Å². The summed E-state index contributed by atoms with van der Waals surface area (Å²) in [6, 6.07) is 12.7. The molecule has 0 aliphatic rings. The van der Waals surface area contributed by atoms with Crippen molar-refractivity contribution in [3.8, 4) is 0 Å². The minimum Gasteiger partial charge on any atom is -0.467 e. The second kappa shape index (κ2) is 9.68. The third kappa shape index (κ3) is 5.34. The summed E-state index contributed by atoms with van der Waals surface area (Å²) >= 11 is 5.78. The van der Waals surface area contributed by atoms with Gasteiger partial charge >= 0.3 is 5.97 Å². The third-order valence-electron chi connectivity index (χ3n) is 4.17. The summed E-state index contributed by atoms with van der Waals surface area (Å²) in [5.74, 6) is -1.54. The van der Waals surface area contributed by atoms with E-state index in [1.54, 1.807) is 12.1 Å². The fourth-order valence-electron chi connectivity index (χ4n) is 2.67. The highest BCUT2D eigenvalue weighted by molar-refractivity contribution is 6.33. The minimum absolute atomic E-state index is 0.0208. The molecule has 10 heteroatoms. The van der Waals surface area contributed by atoms with Crippen LogP contribution in [0.5, 0.6) is 0 Å². The molecule has 1 heterocycles. The minimum atomic E-state index is -0.888. The van der Waals surface area contributed by atoms with Crippen LogP contribution in [0.2, 0.25) is 5.02 Å². The fraction of sp³-hybridized carbons (Fsp3) is 0.0952. The van der Waals surface area contributed by atoms with Crippen molar-refractivity contribution in [3.05, 3.63) is 98.4 Å². The van der Waals surface area contributed by atoms with Crippen molar-refractivity contribution in [2.45, 2.75) is 6.54 Å². The summed E-state index contributed by atoms with van der Waals surface area (Å²) in [6.45, 7) is -0.428. The lowest BCUT2D eigenvalue weighted by Crippen LogP contribution is -2.28. The molecular weight excluding hydrogens is 428 g/mol. The predicted octanol–water partition coefficient (Wildman–Crippen LogP) is 3.55. The standard InChI is InChI=1S/C21H15ClN2O7/c22-17-8-7-13(10-18(17)24(28)29)20(26)15-5-1-2-6-16(15)21(27)31-12-19(25)23-11-14-4-3-9-30-14/h1-10H,11-12H2,(H,23,25). The molecule has 1 amide bonds. The Morgan fingerprint density at radius 2 is 1.81 bits per heavy atom. The molecule has 0 atom stereocenters. The molecule has 1 N–H and O–H groups in total. The van der Waals surface area contributed by atoms with Crippen LogP contribution >= 0.6 is 11.6 Å². The van der Waals surface area contributed by atoms with Gasteiger partial charge in [0.25, 0.3) is 11.6 Å². The van der Waals surface area contributed by atoms with Gasteiger partial charge in [-0.3, -0.25) is 19.7 Å². The van der Waals surface area contributed by atoms with Gasteiger partial charge in [0.2, 0.25) is 0 Å². The van der Waals surface area contributed by atoms with Gasteiger partial charge < -0.3 is 14.5 Å². The Morgan fingerprint density at radius 3 is 2.48 bits per heavy atom. The zero-order chi connectivity index (χ0) is 22.4. The van der Waals surface area contributed by atoms with Crippen LogP contribution in [0, 0.1) is 10.1 Å². The molecule has 158 valence electrons. The average Bonchev–Trinajstić information content (AvgIpc) is 3.29. The number of benzene rings is 2. The molecule has 0 unspecified atom stereocenters. The second-order valence-corrected chi connectivity index (χ2v) is 6.64. The van der Waals surface area contributed by atoms with E-state index in [1.165, 1.54) is 42.7 Å². The van der Waals surface area contributed by atoms with E-state index in [-0.39, 0.29) is 28.3 Å². The van der Waals surface area contributed by atoms with E-state index >= 15 is 0 Å². The molecule has 0 saturated heterocycles. The summed E-state index contributed by atoms with van der Waals surface area (Å²) in [5.41, 5.74) is -0.558. The van der Waals surface area contributed by atoms with Gasteiger partial charge in [-0.1, -0.05) is 29.8 Å². The molecule has 0 saturated carbocycles. The number of ketones is 1. The summed E-state index contributed by atoms with van der Waals surface area (Å²) < 4.78 is 10.1. The lowest BCUT2D eigenvalue weighted by Gasteiger charge is -2.09. The molecule has 31 heavy (non-hydrogen) atoms. The number of hydrogen-bond acceptors (Lipinski definition) is 7. The van der Waals surface area contributed by atoms with Crippen LogP contribution in [-0.2, 0) is 16.1 Å². The SMILES string of the molecule is O=C(COC(=O)c1ccccc1C(=O)c1ccc(Cl)c([N+](=O)[O-])c1)NCc1ccco1. The van der Waals surface area contributed by atoms with E-state index in [4.69, 9.17) is 20.8 Å². The molecule has 0 aliphatic heterocycles. The van der Waals surface area contributed by atoms with Crippen LogP contribution in [0.15, 0.2) is 65.3 Å². The van der Waals surface area contributed by atoms with Gasteiger partial charge in [-0.15, -0.1) is 0 Å². The molecular formula is C21H15ClN2O7. The maximum absolute atomic E-state index is 12.9. The van der Waals surface area contributed by atoms with Crippen molar-refractivity contribution in [2.24, 2.45) is 0 Å². The van der Waals surface area contributed by atoms with Gasteiger partial charge in [0, 0.05) is 17.2 Å². The number of carbonyl (C=O) groups is 3. The number of hydrogen-bond donors (Lipinski definition) is 1. The smallest absolute Gasteiger partial charge is 0.339 e. The predicted molar refractivity (Wildman–Crippen MR) is 109 cm³/mol. The number of nitro benzene ring substituents is 1. The number of rotatable bonds is 8. The van der Waals surface area contributed by atoms with E-state index in [0.717, 1.165) is 6.07 Å². The average molecular weight is 443 g/mol. The number of amides is 1. The number of nitrogens with one attached hydrogen (secondary N) is 1. The van der Waals surface area contributed by atoms with Crippen LogP contribution in [0.1, 0.15) is 32.0 Å². The van der Waals surface area contributed by atoms with Crippen molar-refractivity contribution in [1.82, 2.24) is 5.32 Å². The van der Waals surface area contributed by atoms with Crippen molar-refractivity contribution in [2.75, 3.05) is 6.61 Å². The highest BCUT2D eigenvalue weighted by atomic mass is 35.5. The number of ether oxygens (including phenoxy) is 1. The quantitative estimate of drug-likeness (QED) is 0.244. The molecule has 0 radical (unpaired) electrons. The number of nitro groups is 1. The van der Waals surface area contributed by atoms with Gasteiger partial charge in [-0.05, 0) is 30.3 Å². The topological polar surface area (TPSA) is 129 Å². The highest BCUT2D eigenvalue weighted by Gasteiger charge is 2.22. The first-order valence-electron chi connectivity index (χ1n) is 8.90. The molecule has 0 spiro atoms. The van der Waals surface area contributed by atoms with Gasteiger partial charge in [0.05, 0.1) is 23.3 Å². The Kier molecular flexibility index (Phi) is 6.78. The highest BCUT2D eigenvalue weighted by Crippen LogP contribution is 2.27. The van der Waals surface area contributed by atoms with Crippen LogP contribution in [0.4, 0.5) is 5.69 Å². The Hall–Kier alpha value is -3.98. The van der Waals surface area contributed by atoms with Crippen LogP contribution in [0.25, 0.3) is 0 Å². The first-order valence-corrected chi connectivity index (χ1v) is 9.28. The Morgan fingerprint density at radius 1 is 1.06 bits per heavy atom. The van der Waals surface area contributed by atoms with E-state index < -0.39 is 34.9 Å². The normalized spacial score (nSPS) is 10.4. The first-order chi connectivity index (χ1) is 14.9. The van der Waals surface area contributed by atoms with Crippen molar-refractivity contribution < 1.29 is 28.5 Å². The van der Waals surface area contributed by atoms with E-state index in [2.05, 4.69) is 5.32 Å². The monoisotopic (exact) mass is 442 g/mol. The van der Waals surface area contributed by atoms with E-state index in [1.807, 2.05) is 0 Å². The summed E-state index contributed by atoms with van der Waals surface area (Å²) in [6.07, 6.45) is 1.46. The Labute approximate surface area is 180 Å². The van der Waals surface area contributed by atoms with Gasteiger partial charge in [0.1, 0.15) is 10.8 Å². The van der Waals surface area contributed by atoms with Crippen LogP contribution < -0.4 is 5.32 Å².